The Morgan fingerprint density at radius 2 is 1.59 bits per heavy atom. The van der Waals surface area contributed by atoms with Gasteiger partial charge in [0, 0.05) is 11.1 Å². The van der Waals surface area contributed by atoms with Gasteiger partial charge in [0.1, 0.15) is 11.6 Å². The molecule has 0 heterocycles. The molecule has 0 N–H and O–H groups in total. The predicted molar refractivity (Wildman–Crippen MR) is 87.7 cm³/mol. The Hall–Kier alpha value is -1.96. The van der Waals surface area contributed by atoms with Crippen molar-refractivity contribution in [1.29, 1.82) is 0 Å². The van der Waals surface area contributed by atoms with Gasteiger partial charge >= 0.3 is 0 Å². The molecule has 0 unspecified atom stereocenters. The van der Waals surface area contributed by atoms with Crippen LogP contribution in [0.3, 0.4) is 0 Å². The van der Waals surface area contributed by atoms with E-state index in [0.717, 1.165) is 0 Å². The first-order chi connectivity index (χ1) is 10.7. The summed E-state index contributed by atoms with van der Waals surface area (Å²) < 4.78 is 28.0. The van der Waals surface area contributed by atoms with E-state index in [1.165, 1.54) is 55.9 Å². The van der Waals surface area contributed by atoms with Crippen LogP contribution >= 0.6 is 0 Å². The standard InChI is InChI=1S/C20H20F2/c1-2-14-12-20(22)18(13-19(14)21)17-10-8-16(9-11-17)15-6-4-3-5-7-15/h2,8-13,15H,1,3-7H2. The zero-order valence-corrected chi connectivity index (χ0v) is 12.6. The quantitative estimate of drug-likeness (QED) is 0.621. The Morgan fingerprint density at radius 3 is 2.23 bits per heavy atom. The van der Waals surface area contributed by atoms with Gasteiger partial charge in [-0.05, 0) is 42.0 Å². The van der Waals surface area contributed by atoms with Crippen LogP contribution in [0, 0.1) is 11.6 Å². The third kappa shape index (κ3) is 2.96. The molecule has 1 fully saturated rings. The topological polar surface area (TPSA) is 0 Å². The predicted octanol–water partition coefficient (Wildman–Crippen LogP) is 6.32. The molecule has 0 atom stereocenters. The van der Waals surface area contributed by atoms with E-state index >= 15 is 0 Å². The highest BCUT2D eigenvalue weighted by Crippen LogP contribution is 2.34. The molecule has 2 heteroatoms. The lowest BCUT2D eigenvalue weighted by Gasteiger charge is -2.22. The van der Waals surface area contributed by atoms with Gasteiger partial charge in [0.15, 0.2) is 0 Å². The summed E-state index contributed by atoms with van der Waals surface area (Å²) in [5.74, 6) is -0.239. The molecule has 2 aromatic carbocycles. The first-order valence-electron chi connectivity index (χ1n) is 7.91. The van der Waals surface area contributed by atoms with E-state index in [4.69, 9.17) is 0 Å². The van der Waals surface area contributed by atoms with Gasteiger partial charge in [0.05, 0.1) is 0 Å². The third-order valence-electron chi connectivity index (χ3n) is 4.60. The van der Waals surface area contributed by atoms with Gasteiger partial charge in [0.25, 0.3) is 0 Å². The van der Waals surface area contributed by atoms with Crippen LogP contribution in [0.5, 0.6) is 0 Å². The average Bonchev–Trinajstić information content (AvgIpc) is 2.57. The molecule has 22 heavy (non-hydrogen) atoms. The van der Waals surface area contributed by atoms with E-state index in [-0.39, 0.29) is 5.56 Å². The summed E-state index contributed by atoms with van der Waals surface area (Å²) in [6.07, 6.45) is 7.69. The third-order valence-corrected chi connectivity index (χ3v) is 4.60. The van der Waals surface area contributed by atoms with E-state index in [1.807, 2.05) is 12.1 Å². The maximum absolute atomic E-state index is 14.1. The van der Waals surface area contributed by atoms with Crippen molar-refractivity contribution in [3.05, 3.63) is 65.7 Å². The summed E-state index contributed by atoms with van der Waals surface area (Å²) in [5, 5.41) is 0. The van der Waals surface area contributed by atoms with Crippen LogP contribution < -0.4 is 0 Å². The van der Waals surface area contributed by atoms with Gasteiger partial charge in [-0.15, -0.1) is 0 Å². The number of benzene rings is 2. The maximum Gasteiger partial charge on any atom is 0.131 e. The van der Waals surface area contributed by atoms with E-state index in [2.05, 4.69) is 18.7 Å². The first kappa shape index (κ1) is 15.0. The summed E-state index contributed by atoms with van der Waals surface area (Å²) in [4.78, 5) is 0. The van der Waals surface area contributed by atoms with Crippen LogP contribution in [-0.2, 0) is 0 Å². The molecule has 0 amide bonds. The summed E-state index contributed by atoms with van der Waals surface area (Å²) in [5.41, 5.74) is 2.52. The molecule has 1 aliphatic rings. The van der Waals surface area contributed by atoms with Crippen LogP contribution in [0.2, 0.25) is 0 Å². The minimum Gasteiger partial charge on any atom is -0.206 e. The highest BCUT2D eigenvalue weighted by atomic mass is 19.1. The van der Waals surface area contributed by atoms with Crippen molar-refractivity contribution < 1.29 is 8.78 Å². The van der Waals surface area contributed by atoms with Crippen LogP contribution in [0.15, 0.2) is 43.0 Å². The van der Waals surface area contributed by atoms with Crippen molar-refractivity contribution in [3.63, 3.8) is 0 Å². The number of hydrogen-bond donors (Lipinski definition) is 0. The number of hydrogen-bond acceptors (Lipinski definition) is 0. The Kier molecular flexibility index (Phi) is 4.37. The van der Waals surface area contributed by atoms with Gasteiger partial charge in [-0.25, -0.2) is 8.78 Å². The summed E-state index contributed by atoms with van der Waals surface area (Å²) in [6.45, 7) is 3.49. The second-order valence-electron chi connectivity index (χ2n) is 6.01. The molecule has 3 rings (SSSR count). The van der Waals surface area contributed by atoms with E-state index < -0.39 is 11.6 Å². The highest BCUT2D eigenvalue weighted by molar-refractivity contribution is 5.67. The summed E-state index contributed by atoms with van der Waals surface area (Å²) in [6, 6.07) is 10.4. The highest BCUT2D eigenvalue weighted by Gasteiger charge is 2.16. The van der Waals surface area contributed by atoms with Gasteiger partial charge in [-0.2, -0.15) is 0 Å². The molecule has 1 saturated carbocycles. The fraction of sp³-hybridized carbons (Fsp3) is 0.300. The molecule has 0 bridgehead atoms. The molecule has 114 valence electrons. The van der Waals surface area contributed by atoms with Crippen LogP contribution in [0.1, 0.15) is 49.1 Å². The lowest BCUT2D eigenvalue weighted by Crippen LogP contribution is -2.04. The molecule has 0 nitrogen and oxygen atoms in total. The van der Waals surface area contributed by atoms with Gasteiger partial charge < -0.3 is 0 Å². The Balaban J connectivity index is 1.89. The molecule has 2 aromatic rings. The molecule has 0 radical (unpaired) electrons. The molecule has 0 spiro atoms. The fourth-order valence-electron chi connectivity index (χ4n) is 3.31. The van der Waals surface area contributed by atoms with Gasteiger partial charge in [0.2, 0.25) is 0 Å². The van der Waals surface area contributed by atoms with Crippen molar-refractivity contribution in [2.24, 2.45) is 0 Å². The SMILES string of the molecule is C=Cc1cc(F)c(-c2ccc(C3CCCCC3)cc2)cc1F. The van der Waals surface area contributed by atoms with Crippen molar-refractivity contribution >= 4 is 6.08 Å². The van der Waals surface area contributed by atoms with Crippen LogP contribution in [0.25, 0.3) is 17.2 Å². The normalized spacial score (nSPS) is 15.7. The summed E-state index contributed by atoms with van der Waals surface area (Å²) >= 11 is 0. The Morgan fingerprint density at radius 1 is 0.909 bits per heavy atom. The average molecular weight is 298 g/mol. The zero-order chi connectivity index (χ0) is 15.5. The smallest absolute Gasteiger partial charge is 0.131 e. The minimum absolute atomic E-state index is 0.195. The van der Waals surface area contributed by atoms with E-state index in [9.17, 15) is 8.78 Å². The van der Waals surface area contributed by atoms with Crippen molar-refractivity contribution in [1.82, 2.24) is 0 Å². The number of halogens is 2. The number of rotatable bonds is 3. The Labute approximate surface area is 130 Å². The summed E-state index contributed by atoms with van der Waals surface area (Å²) in [7, 11) is 0. The van der Waals surface area contributed by atoms with E-state index in [1.54, 1.807) is 0 Å². The minimum atomic E-state index is -0.442. The fourth-order valence-corrected chi connectivity index (χ4v) is 3.31. The molecule has 0 aliphatic heterocycles. The van der Waals surface area contributed by atoms with Crippen LogP contribution in [-0.4, -0.2) is 0 Å². The molecule has 0 aromatic heterocycles. The largest absolute Gasteiger partial charge is 0.206 e. The van der Waals surface area contributed by atoms with E-state index in [0.29, 0.717) is 17.0 Å². The first-order valence-corrected chi connectivity index (χ1v) is 7.91. The zero-order valence-electron chi connectivity index (χ0n) is 12.6. The molecular weight excluding hydrogens is 278 g/mol. The monoisotopic (exact) mass is 298 g/mol. The maximum atomic E-state index is 14.1. The lowest BCUT2D eigenvalue weighted by molar-refractivity contribution is 0.443. The molecular formula is C20H20F2. The van der Waals surface area contributed by atoms with Crippen molar-refractivity contribution in [2.45, 2.75) is 38.0 Å². The van der Waals surface area contributed by atoms with Crippen molar-refractivity contribution in [2.75, 3.05) is 0 Å². The second-order valence-corrected chi connectivity index (χ2v) is 6.01. The van der Waals surface area contributed by atoms with Gasteiger partial charge in [-0.3, -0.25) is 0 Å². The Bertz CT molecular complexity index is 665. The second kappa shape index (κ2) is 6.43. The van der Waals surface area contributed by atoms with Crippen LogP contribution in [0.4, 0.5) is 8.78 Å². The molecule has 1 aliphatic carbocycles. The lowest BCUT2D eigenvalue weighted by atomic mass is 9.83. The van der Waals surface area contributed by atoms with Gasteiger partial charge in [-0.1, -0.05) is 56.2 Å². The molecule has 0 saturated heterocycles. The van der Waals surface area contributed by atoms with Crippen molar-refractivity contribution in [3.8, 4) is 11.1 Å².